The van der Waals surface area contributed by atoms with E-state index in [9.17, 15) is 18.5 Å². The number of nitrogens with one attached hydrogen (secondary N) is 1. The normalized spacial score (nSPS) is 11.5. The van der Waals surface area contributed by atoms with Crippen LogP contribution in [0.25, 0.3) is 16.9 Å². The molecule has 4 rings (SSSR count). The SMILES string of the molecule is Cc1ccc(S(=O)(=O)Nc2ccc(-c3cn4cccc(C)c4n3)cc2)cc1[N+](=O)[O-]. The lowest BCUT2D eigenvalue weighted by Gasteiger charge is -2.09. The molecule has 0 unspecified atom stereocenters. The van der Waals surface area contributed by atoms with Gasteiger partial charge in [0.1, 0.15) is 5.65 Å². The molecule has 0 aliphatic heterocycles. The molecular formula is C21H18N4O4S. The summed E-state index contributed by atoms with van der Waals surface area (Å²) in [6, 6.07) is 14.6. The second kappa shape index (κ2) is 7.27. The summed E-state index contributed by atoms with van der Waals surface area (Å²) < 4.78 is 29.7. The summed E-state index contributed by atoms with van der Waals surface area (Å²) in [6.07, 6.45) is 3.83. The first-order valence-corrected chi connectivity index (χ1v) is 10.6. The van der Waals surface area contributed by atoms with Gasteiger partial charge in [0, 0.05) is 35.3 Å². The highest BCUT2D eigenvalue weighted by Gasteiger charge is 2.20. The number of sulfonamides is 1. The van der Waals surface area contributed by atoms with Gasteiger partial charge < -0.3 is 4.40 Å². The number of fused-ring (bicyclic) bond motifs is 1. The van der Waals surface area contributed by atoms with Crippen LogP contribution < -0.4 is 4.72 Å². The summed E-state index contributed by atoms with van der Waals surface area (Å²) in [4.78, 5) is 15.0. The number of pyridine rings is 1. The number of rotatable bonds is 5. The number of anilines is 1. The number of nitrogens with zero attached hydrogens (tertiary/aromatic N) is 3. The molecule has 0 spiro atoms. The zero-order valence-corrected chi connectivity index (χ0v) is 17.1. The van der Waals surface area contributed by atoms with E-state index >= 15 is 0 Å². The molecule has 2 aromatic heterocycles. The highest BCUT2D eigenvalue weighted by atomic mass is 32.2. The highest BCUT2D eigenvalue weighted by Crippen LogP contribution is 2.26. The number of hydrogen-bond acceptors (Lipinski definition) is 5. The van der Waals surface area contributed by atoms with Crippen LogP contribution >= 0.6 is 0 Å². The van der Waals surface area contributed by atoms with Crippen molar-refractivity contribution in [3.63, 3.8) is 0 Å². The van der Waals surface area contributed by atoms with Gasteiger partial charge in [-0.25, -0.2) is 13.4 Å². The molecule has 2 aromatic carbocycles. The summed E-state index contributed by atoms with van der Waals surface area (Å²) in [6.45, 7) is 3.54. The molecule has 1 N–H and O–H groups in total. The van der Waals surface area contributed by atoms with Crippen molar-refractivity contribution >= 4 is 27.0 Å². The third-order valence-corrected chi connectivity index (χ3v) is 6.18. The Hall–Kier alpha value is -3.72. The number of aryl methyl sites for hydroxylation is 2. The average molecular weight is 422 g/mol. The molecule has 0 aliphatic carbocycles. The van der Waals surface area contributed by atoms with E-state index in [0.29, 0.717) is 11.3 Å². The maximum Gasteiger partial charge on any atom is 0.273 e. The molecular weight excluding hydrogens is 404 g/mol. The van der Waals surface area contributed by atoms with Crippen molar-refractivity contribution < 1.29 is 13.3 Å². The number of imidazole rings is 1. The van der Waals surface area contributed by atoms with Crippen molar-refractivity contribution in [1.29, 1.82) is 0 Å². The maximum absolute atomic E-state index is 12.6. The minimum Gasteiger partial charge on any atom is -0.306 e. The average Bonchev–Trinajstić information content (AvgIpc) is 3.14. The minimum atomic E-state index is -3.96. The Morgan fingerprint density at radius 2 is 1.77 bits per heavy atom. The van der Waals surface area contributed by atoms with E-state index in [1.54, 1.807) is 31.2 Å². The number of nitro groups is 1. The van der Waals surface area contributed by atoms with Crippen molar-refractivity contribution in [2.24, 2.45) is 0 Å². The molecule has 8 nitrogen and oxygen atoms in total. The summed E-state index contributed by atoms with van der Waals surface area (Å²) in [5.41, 5.74) is 4.03. The van der Waals surface area contributed by atoms with Gasteiger partial charge in [0.05, 0.1) is 15.5 Å². The standard InChI is InChI=1S/C21H18N4O4S/c1-14-5-10-18(12-20(14)25(26)27)30(28,29)23-17-8-6-16(7-9-17)19-13-24-11-3-4-15(2)21(24)22-19/h3-13,23H,1-2H3. The Morgan fingerprint density at radius 3 is 2.43 bits per heavy atom. The molecule has 30 heavy (non-hydrogen) atoms. The quantitative estimate of drug-likeness (QED) is 0.381. The van der Waals surface area contributed by atoms with Crippen LogP contribution in [0, 0.1) is 24.0 Å². The summed E-state index contributed by atoms with van der Waals surface area (Å²) in [5, 5.41) is 11.1. The van der Waals surface area contributed by atoms with Crippen LogP contribution in [0.15, 0.2) is 71.9 Å². The van der Waals surface area contributed by atoms with Gasteiger partial charge in [-0.3, -0.25) is 14.8 Å². The van der Waals surface area contributed by atoms with Crippen LogP contribution in [-0.4, -0.2) is 22.7 Å². The van der Waals surface area contributed by atoms with Gasteiger partial charge >= 0.3 is 0 Å². The fourth-order valence-corrected chi connectivity index (χ4v) is 4.25. The molecule has 0 bridgehead atoms. The third kappa shape index (κ3) is 3.62. The maximum atomic E-state index is 12.6. The predicted octanol–water partition coefficient (Wildman–Crippen LogP) is 4.33. The van der Waals surface area contributed by atoms with Crippen LogP contribution in [0.1, 0.15) is 11.1 Å². The summed E-state index contributed by atoms with van der Waals surface area (Å²) in [7, 11) is -3.96. The molecule has 0 amide bonds. The predicted molar refractivity (Wildman–Crippen MR) is 114 cm³/mol. The minimum absolute atomic E-state index is 0.167. The Kier molecular flexibility index (Phi) is 4.75. The molecule has 0 atom stereocenters. The first kappa shape index (κ1) is 19.6. The molecule has 0 saturated carbocycles. The lowest BCUT2D eigenvalue weighted by molar-refractivity contribution is -0.385. The van der Waals surface area contributed by atoms with Gasteiger partial charge in [0.25, 0.3) is 15.7 Å². The number of nitro benzene ring substituents is 1. The Labute approximate surface area is 173 Å². The van der Waals surface area contributed by atoms with Gasteiger partial charge in [0.2, 0.25) is 0 Å². The summed E-state index contributed by atoms with van der Waals surface area (Å²) in [5.74, 6) is 0. The monoisotopic (exact) mass is 422 g/mol. The smallest absolute Gasteiger partial charge is 0.273 e. The van der Waals surface area contributed by atoms with E-state index < -0.39 is 14.9 Å². The number of benzene rings is 2. The Morgan fingerprint density at radius 1 is 1.03 bits per heavy atom. The second-order valence-electron chi connectivity index (χ2n) is 6.94. The zero-order chi connectivity index (χ0) is 21.5. The lowest BCUT2D eigenvalue weighted by atomic mass is 10.1. The lowest BCUT2D eigenvalue weighted by Crippen LogP contribution is -2.13. The van der Waals surface area contributed by atoms with Crippen LogP contribution in [-0.2, 0) is 10.0 Å². The van der Waals surface area contributed by atoms with E-state index in [1.807, 2.05) is 35.9 Å². The third-order valence-electron chi connectivity index (χ3n) is 4.80. The largest absolute Gasteiger partial charge is 0.306 e. The van der Waals surface area contributed by atoms with Crippen molar-refractivity contribution in [2.45, 2.75) is 18.7 Å². The van der Waals surface area contributed by atoms with Crippen LogP contribution in [0.5, 0.6) is 0 Å². The van der Waals surface area contributed by atoms with Gasteiger partial charge in [-0.05, 0) is 43.7 Å². The van der Waals surface area contributed by atoms with Gasteiger partial charge in [0.15, 0.2) is 0 Å². The molecule has 2 heterocycles. The molecule has 0 fully saturated rings. The Bertz CT molecular complexity index is 1380. The first-order valence-electron chi connectivity index (χ1n) is 9.07. The van der Waals surface area contributed by atoms with E-state index in [-0.39, 0.29) is 10.6 Å². The van der Waals surface area contributed by atoms with Crippen LogP contribution in [0.3, 0.4) is 0 Å². The fourth-order valence-electron chi connectivity index (χ4n) is 3.17. The number of hydrogen-bond donors (Lipinski definition) is 1. The van der Waals surface area contributed by atoms with Crippen molar-refractivity contribution in [3.8, 4) is 11.3 Å². The van der Waals surface area contributed by atoms with Crippen molar-refractivity contribution in [1.82, 2.24) is 9.38 Å². The molecule has 152 valence electrons. The van der Waals surface area contributed by atoms with Crippen molar-refractivity contribution in [3.05, 3.63) is 88.2 Å². The van der Waals surface area contributed by atoms with E-state index in [4.69, 9.17) is 0 Å². The van der Waals surface area contributed by atoms with Gasteiger partial charge in [-0.1, -0.05) is 24.3 Å². The Balaban J connectivity index is 1.60. The number of aromatic nitrogens is 2. The first-order chi connectivity index (χ1) is 14.2. The molecule has 0 saturated heterocycles. The van der Waals surface area contributed by atoms with Gasteiger partial charge in [-0.15, -0.1) is 0 Å². The van der Waals surface area contributed by atoms with E-state index in [2.05, 4.69) is 9.71 Å². The van der Waals surface area contributed by atoms with Gasteiger partial charge in [-0.2, -0.15) is 0 Å². The van der Waals surface area contributed by atoms with E-state index in [0.717, 1.165) is 28.5 Å². The zero-order valence-electron chi connectivity index (χ0n) is 16.2. The van der Waals surface area contributed by atoms with E-state index in [1.165, 1.54) is 12.1 Å². The van der Waals surface area contributed by atoms with Crippen LogP contribution in [0.2, 0.25) is 0 Å². The molecule has 0 radical (unpaired) electrons. The molecule has 4 aromatic rings. The highest BCUT2D eigenvalue weighted by molar-refractivity contribution is 7.92. The fraction of sp³-hybridized carbons (Fsp3) is 0.0952. The second-order valence-corrected chi connectivity index (χ2v) is 8.62. The summed E-state index contributed by atoms with van der Waals surface area (Å²) >= 11 is 0. The molecule has 0 aliphatic rings. The molecule has 9 heteroatoms. The van der Waals surface area contributed by atoms with Crippen molar-refractivity contribution in [2.75, 3.05) is 4.72 Å². The topological polar surface area (TPSA) is 107 Å². The van der Waals surface area contributed by atoms with Crippen LogP contribution in [0.4, 0.5) is 11.4 Å².